The van der Waals surface area contributed by atoms with Gasteiger partial charge in [0.2, 0.25) is 27.2 Å². The van der Waals surface area contributed by atoms with E-state index in [0.29, 0.717) is 79.7 Å². The van der Waals surface area contributed by atoms with Crippen LogP contribution in [0.25, 0.3) is 0 Å². The summed E-state index contributed by atoms with van der Waals surface area (Å²) in [6.45, 7) is 11.8. The van der Waals surface area contributed by atoms with Crippen molar-refractivity contribution in [3.63, 3.8) is 0 Å². The van der Waals surface area contributed by atoms with E-state index in [4.69, 9.17) is 47.4 Å². The van der Waals surface area contributed by atoms with Crippen LogP contribution in [0.2, 0.25) is 0 Å². The van der Waals surface area contributed by atoms with E-state index >= 15 is 0 Å². The van der Waals surface area contributed by atoms with Crippen LogP contribution in [0.4, 0.5) is 0 Å². The van der Waals surface area contributed by atoms with Gasteiger partial charge >= 0.3 is 0 Å². The molecular weight excluding hydrogens is 1140 g/mol. The summed E-state index contributed by atoms with van der Waals surface area (Å²) in [5.74, 6) is 3.76. The largest absolute Gasteiger partial charge is 0.483 e. The molecule has 0 radical (unpaired) electrons. The molecule has 16 nitrogen and oxygen atoms in total. The van der Waals surface area contributed by atoms with Gasteiger partial charge in [0, 0.05) is 79.3 Å². The number of hydrogen-bond acceptors (Lipinski definition) is 14. The predicted octanol–water partition coefficient (Wildman–Crippen LogP) is 15.4. The average molecular weight is 1230 g/mol. The van der Waals surface area contributed by atoms with Gasteiger partial charge in [-0.1, -0.05) is 129 Å². The van der Waals surface area contributed by atoms with Crippen molar-refractivity contribution in [1.29, 1.82) is 0 Å². The number of carbonyl (C=O) groups is 4. The lowest BCUT2D eigenvalue weighted by molar-refractivity contribution is -0.124. The molecule has 90 heavy (non-hydrogen) atoms. The highest BCUT2D eigenvalue weighted by atomic mass is 16.7. The van der Waals surface area contributed by atoms with E-state index in [-0.39, 0.29) is 77.1 Å². The van der Waals surface area contributed by atoms with E-state index in [1.165, 1.54) is 0 Å². The fourth-order valence-electron chi connectivity index (χ4n) is 14.1. The highest BCUT2D eigenvalue weighted by molar-refractivity contribution is 5.82. The summed E-state index contributed by atoms with van der Waals surface area (Å²) in [5.41, 5.74) is 11.6. The second kappa shape index (κ2) is 29.5. The first-order chi connectivity index (χ1) is 44.1. The lowest BCUT2D eigenvalue weighted by atomic mass is 9.74. The molecule has 4 unspecified atom stereocenters. The SMILES string of the molecule is CCCCCC1c2cc3c4c(C)c2OCOc2c1cc1c(c2CNC(=O)COc2ccccc2C=O)OCOc2c(cc5c(c2C)OCOc2c(cc(c(c2CNC(=O)COc2ccccc2C=O)OCO4)C3CCCCC)C5CCCCC)C1CCCCC. The van der Waals surface area contributed by atoms with Crippen molar-refractivity contribution in [3.8, 4) is 57.5 Å². The van der Waals surface area contributed by atoms with E-state index in [1.807, 2.05) is 0 Å². The highest BCUT2D eigenvalue weighted by Gasteiger charge is 2.41. The number of aldehydes is 2. The Hall–Kier alpha value is -8.40. The quantitative estimate of drug-likeness (QED) is 0.0349. The third kappa shape index (κ3) is 13.1. The van der Waals surface area contributed by atoms with Crippen molar-refractivity contribution < 1.29 is 66.5 Å². The molecule has 4 heterocycles. The van der Waals surface area contributed by atoms with Crippen LogP contribution in [0.15, 0.2) is 72.8 Å². The standard InChI is InChI=1S/C74H86N2O14/c1-7-11-15-25-49-53-31-54-50(26-16-12-8-2)59-34-60-52(28-18-14-10-4)56-32-55-51(27-17-13-9-3)58-33-57(49)71-61(35-75-65(79)39-81-63-29-21-19-23-47(63)37-77)72(58)88-43-85-69(55)46(6)70(56)86-44-90-74(60)62(36-76-66(80)40-82-64-30-22-20-24-48(64)38-78)73(59)89-42-84-68(54)45(5)67(53)83-41-87-71/h19-24,29-34,37-38,49-52H,7-18,25-28,35-36,39-44H2,1-6H3,(H,75,79)(H,76,80). The zero-order valence-corrected chi connectivity index (χ0v) is 53.1. The monoisotopic (exact) mass is 1230 g/mol. The molecule has 16 heteroatoms. The summed E-state index contributed by atoms with van der Waals surface area (Å²) in [7, 11) is 0. The van der Waals surface area contributed by atoms with Gasteiger partial charge in [-0.3, -0.25) is 19.2 Å². The van der Waals surface area contributed by atoms with Crippen molar-refractivity contribution in [2.45, 2.75) is 181 Å². The maximum atomic E-state index is 14.2. The molecule has 476 valence electrons. The van der Waals surface area contributed by atoms with Gasteiger partial charge in [-0.25, -0.2) is 0 Å². The van der Waals surface area contributed by atoms with E-state index in [9.17, 15) is 19.2 Å². The second-order valence-electron chi connectivity index (χ2n) is 24.3. The van der Waals surface area contributed by atoms with E-state index in [1.54, 1.807) is 48.5 Å². The van der Waals surface area contributed by atoms with E-state index < -0.39 is 11.8 Å². The number of rotatable bonds is 28. The molecule has 8 bridgehead atoms. The number of unbranched alkanes of at least 4 members (excludes halogenated alkanes) is 8. The fourth-order valence-corrected chi connectivity index (χ4v) is 14.1. The molecule has 11 rings (SSSR count). The Morgan fingerprint density at radius 1 is 0.411 bits per heavy atom. The molecule has 0 spiro atoms. The van der Waals surface area contributed by atoms with Crippen LogP contribution >= 0.6 is 0 Å². The molecule has 0 saturated carbocycles. The number of amides is 2. The molecule has 5 aliphatic rings. The van der Waals surface area contributed by atoms with Gasteiger partial charge in [0.15, 0.2) is 25.8 Å². The molecular formula is C74H86N2O14. The van der Waals surface area contributed by atoms with Gasteiger partial charge in [0.1, 0.15) is 57.5 Å². The van der Waals surface area contributed by atoms with Crippen molar-refractivity contribution in [1.82, 2.24) is 10.6 Å². The van der Waals surface area contributed by atoms with Gasteiger partial charge in [0.05, 0.1) is 35.3 Å². The zero-order valence-electron chi connectivity index (χ0n) is 53.1. The number of benzene rings is 6. The number of para-hydroxylation sites is 2. The van der Waals surface area contributed by atoms with Crippen LogP contribution in [-0.2, 0) is 22.7 Å². The molecule has 0 saturated heterocycles. The Balaban J connectivity index is 1.19. The number of hydrogen-bond donors (Lipinski definition) is 2. The molecule has 6 aromatic carbocycles. The summed E-state index contributed by atoms with van der Waals surface area (Å²) < 4.78 is 67.8. The van der Waals surface area contributed by atoms with Crippen LogP contribution in [0.1, 0.15) is 242 Å². The maximum absolute atomic E-state index is 14.2. The smallest absolute Gasteiger partial charge is 0.258 e. The molecule has 6 aromatic rings. The first kappa shape index (κ1) is 63.2. The van der Waals surface area contributed by atoms with E-state index in [2.05, 4.69) is 76.4 Å². The lowest BCUT2D eigenvalue weighted by Crippen LogP contribution is -2.30. The van der Waals surface area contributed by atoms with Gasteiger partial charge in [-0.2, -0.15) is 0 Å². The van der Waals surface area contributed by atoms with Gasteiger partial charge in [0.25, 0.3) is 11.8 Å². The minimum atomic E-state index is -0.395. The summed E-state index contributed by atoms with van der Waals surface area (Å²) in [4.78, 5) is 52.3. The predicted molar refractivity (Wildman–Crippen MR) is 342 cm³/mol. The van der Waals surface area contributed by atoms with E-state index in [0.717, 1.165) is 171 Å². The maximum Gasteiger partial charge on any atom is 0.258 e. The Morgan fingerprint density at radius 2 is 0.678 bits per heavy atom. The van der Waals surface area contributed by atoms with Gasteiger partial charge in [-0.15, -0.1) is 0 Å². The number of carbonyl (C=O) groups excluding carboxylic acids is 4. The Kier molecular flexibility index (Phi) is 20.7. The Labute approximate surface area is 528 Å². The zero-order chi connectivity index (χ0) is 62.7. The summed E-state index contributed by atoms with van der Waals surface area (Å²) in [6, 6.07) is 23.1. The van der Waals surface area contributed by atoms with Crippen molar-refractivity contribution in [2.24, 2.45) is 0 Å². The molecule has 4 aliphatic heterocycles. The Morgan fingerprint density at radius 3 is 0.956 bits per heavy atom. The van der Waals surface area contributed by atoms with Crippen LogP contribution in [-0.4, -0.2) is 64.8 Å². The van der Waals surface area contributed by atoms with Crippen LogP contribution in [0.5, 0.6) is 57.5 Å². The highest BCUT2D eigenvalue weighted by Crippen LogP contribution is 2.58. The number of nitrogens with one attached hydrogen (secondary N) is 2. The second-order valence-corrected chi connectivity index (χ2v) is 24.3. The van der Waals surface area contributed by atoms with Crippen molar-refractivity contribution in [2.75, 3.05) is 40.4 Å². The molecule has 4 atom stereocenters. The summed E-state index contributed by atoms with van der Waals surface area (Å²) in [6.07, 6.45) is 16.0. The van der Waals surface area contributed by atoms with Crippen LogP contribution in [0.3, 0.4) is 0 Å². The topological polar surface area (TPSA) is 185 Å². The first-order valence-electron chi connectivity index (χ1n) is 32.7. The van der Waals surface area contributed by atoms with Gasteiger partial charge < -0.3 is 58.0 Å². The fraction of sp³-hybridized carbons (Fsp3) is 0.459. The lowest BCUT2D eigenvalue weighted by Gasteiger charge is -2.37. The molecule has 0 fully saturated rings. The van der Waals surface area contributed by atoms with Crippen molar-refractivity contribution in [3.05, 3.63) is 151 Å². The van der Waals surface area contributed by atoms with Crippen molar-refractivity contribution >= 4 is 24.4 Å². The molecule has 0 aromatic heterocycles. The Bertz CT molecular complexity index is 3220. The third-order valence-electron chi connectivity index (χ3n) is 18.5. The van der Waals surface area contributed by atoms with Gasteiger partial charge in [-0.05, 0) is 88.1 Å². The number of ether oxygens (including phenoxy) is 10. The molecule has 2 amide bonds. The van der Waals surface area contributed by atoms with Crippen LogP contribution < -0.4 is 58.0 Å². The first-order valence-corrected chi connectivity index (χ1v) is 32.7. The minimum Gasteiger partial charge on any atom is -0.483 e. The normalized spacial score (nSPS) is 17.0. The summed E-state index contributed by atoms with van der Waals surface area (Å²) in [5, 5.41) is 6.37. The molecule has 1 aliphatic carbocycles. The summed E-state index contributed by atoms with van der Waals surface area (Å²) >= 11 is 0. The molecule has 2 N–H and O–H groups in total. The third-order valence-corrected chi connectivity index (χ3v) is 18.5. The minimum absolute atomic E-state index is 0.0172. The average Bonchev–Trinajstić information content (AvgIpc) is 0.751. The van der Waals surface area contributed by atoms with Crippen LogP contribution in [0, 0.1) is 13.8 Å².